The van der Waals surface area contributed by atoms with Crippen molar-refractivity contribution in [3.8, 4) is 0 Å². The zero-order chi connectivity index (χ0) is 9.80. The van der Waals surface area contributed by atoms with Crippen LogP contribution in [0.1, 0.15) is 5.56 Å². The number of anilines is 1. The van der Waals surface area contributed by atoms with Crippen LogP contribution in [0, 0.1) is 0 Å². The van der Waals surface area contributed by atoms with Crippen molar-refractivity contribution in [2.24, 2.45) is 0 Å². The number of aromatic nitrogens is 2. The molecule has 2 rings (SSSR count). The summed E-state index contributed by atoms with van der Waals surface area (Å²) in [7, 11) is 0. The van der Waals surface area contributed by atoms with Gasteiger partial charge in [0.05, 0.1) is 11.9 Å². The molecular weight excluding hydrogens is 174 g/mol. The second kappa shape index (κ2) is 3.96. The van der Waals surface area contributed by atoms with E-state index < -0.39 is 0 Å². The first-order valence-corrected chi connectivity index (χ1v) is 4.66. The highest BCUT2D eigenvalue weighted by atomic mass is 15.3. The summed E-state index contributed by atoms with van der Waals surface area (Å²) in [5.41, 5.74) is 7.61. The molecular formula is C11H13N3. The Bertz CT molecular complexity index is 392. The molecule has 0 saturated carbocycles. The maximum absolute atomic E-state index is 5.56. The summed E-state index contributed by atoms with van der Waals surface area (Å²) in [5.74, 6) is 0. The predicted molar refractivity (Wildman–Crippen MR) is 56.8 cm³/mol. The molecule has 0 amide bonds. The Morgan fingerprint density at radius 1 is 1.21 bits per heavy atom. The number of aryl methyl sites for hydroxylation is 2. The van der Waals surface area contributed by atoms with Gasteiger partial charge in [-0.15, -0.1) is 0 Å². The van der Waals surface area contributed by atoms with Crippen molar-refractivity contribution < 1.29 is 0 Å². The van der Waals surface area contributed by atoms with Crippen molar-refractivity contribution >= 4 is 5.69 Å². The van der Waals surface area contributed by atoms with E-state index in [0.29, 0.717) is 0 Å². The topological polar surface area (TPSA) is 43.8 Å². The minimum Gasteiger partial charge on any atom is -0.396 e. The molecule has 2 N–H and O–H groups in total. The number of hydrogen-bond acceptors (Lipinski definition) is 2. The quantitative estimate of drug-likeness (QED) is 0.795. The lowest BCUT2D eigenvalue weighted by Crippen LogP contribution is -2.01. The molecule has 0 fully saturated rings. The lowest BCUT2D eigenvalue weighted by Gasteiger charge is -2.00. The predicted octanol–water partition coefficient (Wildman–Crippen LogP) is 1.71. The van der Waals surface area contributed by atoms with E-state index in [1.54, 1.807) is 6.20 Å². The molecule has 14 heavy (non-hydrogen) atoms. The highest BCUT2D eigenvalue weighted by Crippen LogP contribution is 2.03. The van der Waals surface area contributed by atoms with E-state index >= 15 is 0 Å². The highest BCUT2D eigenvalue weighted by molar-refractivity contribution is 5.30. The fourth-order valence-electron chi connectivity index (χ4n) is 1.39. The molecule has 0 radical (unpaired) electrons. The SMILES string of the molecule is Nc1cnn(CCc2ccccc2)c1. The van der Waals surface area contributed by atoms with Gasteiger partial charge in [-0.05, 0) is 12.0 Å². The third kappa shape index (κ3) is 2.13. The Hall–Kier alpha value is -1.77. The fourth-order valence-corrected chi connectivity index (χ4v) is 1.39. The molecule has 1 aromatic heterocycles. The normalized spacial score (nSPS) is 10.3. The number of benzene rings is 1. The highest BCUT2D eigenvalue weighted by Gasteiger charge is 1.95. The summed E-state index contributed by atoms with van der Waals surface area (Å²) in [6.45, 7) is 0.876. The average Bonchev–Trinajstić information content (AvgIpc) is 2.63. The molecule has 0 bridgehead atoms. The summed E-state index contributed by atoms with van der Waals surface area (Å²) >= 11 is 0. The van der Waals surface area contributed by atoms with Crippen molar-refractivity contribution in [1.29, 1.82) is 0 Å². The molecule has 3 nitrogen and oxygen atoms in total. The van der Waals surface area contributed by atoms with Crippen molar-refractivity contribution in [3.63, 3.8) is 0 Å². The van der Waals surface area contributed by atoms with Crippen molar-refractivity contribution in [3.05, 3.63) is 48.3 Å². The van der Waals surface area contributed by atoms with Gasteiger partial charge < -0.3 is 5.73 Å². The molecule has 72 valence electrons. The molecule has 0 aliphatic carbocycles. The van der Waals surface area contributed by atoms with E-state index in [-0.39, 0.29) is 0 Å². The van der Waals surface area contributed by atoms with Crippen molar-refractivity contribution in [2.45, 2.75) is 13.0 Å². The van der Waals surface area contributed by atoms with Crippen LogP contribution in [0.2, 0.25) is 0 Å². The van der Waals surface area contributed by atoms with Gasteiger partial charge in [-0.2, -0.15) is 5.10 Å². The molecule has 0 aliphatic rings. The summed E-state index contributed by atoms with van der Waals surface area (Å²) in [5, 5.41) is 4.12. The first kappa shape index (κ1) is 8.81. The van der Waals surface area contributed by atoms with E-state index in [1.807, 2.05) is 29.1 Å². The Morgan fingerprint density at radius 2 is 2.00 bits per heavy atom. The van der Waals surface area contributed by atoms with Gasteiger partial charge in [0.25, 0.3) is 0 Å². The Kier molecular flexibility index (Phi) is 2.49. The summed E-state index contributed by atoms with van der Waals surface area (Å²) in [6.07, 6.45) is 4.51. The number of hydrogen-bond donors (Lipinski definition) is 1. The smallest absolute Gasteiger partial charge is 0.0719 e. The van der Waals surface area contributed by atoms with Gasteiger partial charge in [0.1, 0.15) is 0 Å². The van der Waals surface area contributed by atoms with E-state index in [2.05, 4.69) is 17.2 Å². The number of nitrogens with two attached hydrogens (primary N) is 1. The van der Waals surface area contributed by atoms with Crippen LogP contribution in [-0.4, -0.2) is 9.78 Å². The third-order valence-corrected chi connectivity index (χ3v) is 2.13. The van der Waals surface area contributed by atoms with Gasteiger partial charge in [0, 0.05) is 12.7 Å². The molecule has 0 saturated heterocycles. The zero-order valence-electron chi connectivity index (χ0n) is 7.93. The van der Waals surface area contributed by atoms with Crippen molar-refractivity contribution in [1.82, 2.24) is 9.78 Å². The Balaban J connectivity index is 1.95. The van der Waals surface area contributed by atoms with E-state index in [9.17, 15) is 0 Å². The Morgan fingerprint density at radius 3 is 2.64 bits per heavy atom. The minimum absolute atomic E-state index is 0.720. The molecule has 1 aromatic carbocycles. The van der Waals surface area contributed by atoms with Gasteiger partial charge in [-0.1, -0.05) is 30.3 Å². The maximum atomic E-state index is 5.56. The van der Waals surface area contributed by atoms with Crippen LogP contribution in [-0.2, 0) is 13.0 Å². The van der Waals surface area contributed by atoms with Gasteiger partial charge in [0.2, 0.25) is 0 Å². The van der Waals surface area contributed by atoms with Gasteiger partial charge in [0.15, 0.2) is 0 Å². The lowest BCUT2D eigenvalue weighted by atomic mass is 10.1. The summed E-state index contributed by atoms with van der Waals surface area (Å²) in [4.78, 5) is 0. The number of nitrogens with zero attached hydrogens (tertiary/aromatic N) is 2. The van der Waals surface area contributed by atoms with Gasteiger partial charge >= 0.3 is 0 Å². The number of rotatable bonds is 3. The molecule has 3 heteroatoms. The second-order valence-electron chi connectivity index (χ2n) is 3.27. The molecule has 2 aromatic rings. The zero-order valence-corrected chi connectivity index (χ0v) is 7.93. The van der Waals surface area contributed by atoms with E-state index in [4.69, 9.17) is 5.73 Å². The molecule has 0 unspecified atom stereocenters. The standard InChI is InChI=1S/C11H13N3/c12-11-8-13-14(9-11)7-6-10-4-2-1-3-5-10/h1-5,8-9H,6-7,12H2. The first-order valence-electron chi connectivity index (χ1n) is 4.66. The molecule has 0 aliphatic heterocycles. The largest absolute Gasteiger partial charge is 0.396 e. The maximum Gasteiger partial charge on any atom is 0.0719 e. The van der Waals surface area contributed by atoms with Crippen LogP contribution >= 0.6 is 0 Å². The monoisotopic (exact) mass is 187 g/mol. The molecule has 0 spiro atoms. The fraction of sp³-hybridized carbons (Fsp3) is 0.182. The molecule has 0 atom stereocenters. The van der Waals surface area contributed by atoms with Crippen LogP contribution < -0.4 is 5.73 Å². The van der Waals surface area contributed by atoms with Crippen LogP contribution in [0.15, 0.2) is 42.7 Å². The Labute approximate surface area is 83.2 Å². The van der Waals surface area contributed by atoms with Gasteiger partial charge in [-0.25, -0.2) is 0 Å². The molecule has 1 heterocycles. The van der Waals surface area contributed by atoms with Crippen LogP contribution in [0.5, 0.6) is 0 Å². The van der Waals surface area contributed by atoms with Crippen molar-refractivity contribution in [2.75, 3.05) is 5.73 Å². The summed E-state index contributed by atoms with van der Waals surface area (Å²) in [6, 6.07) is 10.4. The minimum atomic E-state index is 0.720. The lowest BCUT2D eigenvalue weighted by molar-refractivity contribution is 0.615. The van der Waals surface area contributed by atoms with Crippen LogP contribution in [0.25, 0.3) is 0 Å². The van der Waals surface area contributed by atoms with Crippen LogP contribution in [0.4, 0.5) is 5.69 Å². The van der Waals surface area contributed by atoms with E-state index in [0.717, 1.165) is 18.7 Å². The third-order valence-electron chi connectivity index (χ3n) is 2.13. The number of nitrogen functional groups attached to an aromatic ring is 1. The first-order chi connectivity index (χ1) is 6.84. The summed E-state index contributed by atoms with van der Waals surface area (Å²) < 4.78 is 1.86. The van der Waals surface area contributed by atoms with E-state index in [1.165, 1.54) is 5.56 Å². The van der Waals surface area contributed by atoms with Gasteiger partial charge in [-0.3, -0.25) is 4.68 Å². The van der Waals surface area contributed by atoms with Crippen LogP contribution in [0.3, 0.4) is 0 Å². The average molecular weight is 187 g/mol. The second-order valence-corrected chi connectivity index (χ2v) is 3.27.